The van der Waals surface area contributed by atoms with Crippen LogP contribution in [0, 0.1) is 12.3 Å². The molecule has 0 atom stereocenters. The Balaban J connectivity index is 2.50. The smallest absolute Gasteiger partial charge is 0.387 e. The number of ether oxygens (including phenoxy) is 1. The highest BCUT2D eigenvalue weighted by molar-refractivity contribution is 6.04. The number of hydrogen-bond acceptors (Lipinski definition) is 3. The molecule has 134 valence electrons. The van der Waals surface area contributed by atoms with E-state index in [1.165, 1.54) is 12.1 Å². The maximum atomic E-state index is 12.3. The number of halogens is 2. The van der Waals surface area contributed by atoms with Crippen LogP contribution in [0.1, 0.15) is 18.1 Å². The van der Waals surface area contributed by atoms with E-state index in [0.717, 1.165) is 34.5 Å². The lowest BCUT2D eigenvalue weighted by molar-refractivity contribution is -0.0498. The van der Waals surface area contributed by atoms with Crippen LogP contribution in [0.5, 0.6) is 5.75 Å². The molecule has 2 aromatic rings. The molecule has 0 aliphatic heterocycles. The molecule has 2 rings (SSSR count). The third-order valence-corrected chi connectivity index (χ3v) is 4.03. The molecule has 0 fully saturated rings. The number of alkyl halides is 2. The van der Waals surface area contributed by atoms with Gasteiger partial charge in [0.05, 0.1) is 5.69 Å². The van der Waals surface area contributed by atoms with Crippen LogP contribution in [0.4, 0.5) is 14.5 Å². The summed E-state index contributed by atoms with van der Waals surface area (Å²) in [5, 5.41) is 11.6. The van der Waals surface area contributed by atoms with E-state index >= 15 is 0 Å². The molecule has 0 heterocycles. The summed E-state index contributed by atoms with van der Waals surface area (Å²) in [4.78, 5) is 1.86. The molecule has 0 amide bonds. The fourth-order valence-electron chi connectivity index (χ4n) is 2.65. The van der Waals surface area contributed by atoms with Gasteiger partial charge >= 0.3 is 6.61 Å². The molecule has 2 aromatic carbocycles. The van der Waals surface area contributed by atoms with Crippen molar-refractivity contribution in [3.05, 3.63) is 47.5 Å². The molecule has 0 aliphatic carbocycles. The van der Waals surface area contributed by atoms with Crippen LogP contribution < -0.4 is 10.1 Å². The molecule has 0 unspecified atom stereocenters. The Morgan fingerprint density at radius 1 is 1.24 bits per heavy atom. The fraction of sp³-hybridized carbons (Fsp3) is 0.316. The van der Waals surface area contributed by atoms with E-state index in [1.54, 1.807) is 12.1 Å². The Labute approximate surface area is 146 Å². The van der Waals surface area contributed by atoms with Gasteiger partial charge in [0.1, 0.15) is 11.6 Å². The minimum absolute atomic E-state index is 0.121. The van der Waals surface area contributed by atoms with Crippen LogP contribution in [0.2, 0.25) is 0 Å². The number of nitrogens with zero attached hydrogens (tertiary/aromatic N) is 1. The van der Waals surface area contributed by atoms with Gasteiger partial charge in [-0.15, -0.1) is 0 Å². The van der Waals surface area contributed by atoms with Crippen LogP contribution >= 0.6 is 0 Å². The van der Waals surface area contributed by atoms with Gasteiger partial charge in [0, 0.05) is 31.8 Å². The largest absolute Gasteiger partial charge is 0.435 e. The number of aryl methyl sites for hydroxylation is 1. The third kappa shape index (κ3) is 4.26. The maximum Gasteiger partial charge on any atom is 0.387 e. The first-order valence-corrected chi connectivity index (χ1v) is 8.05. The van der Waals surface area contributed by atoms with Gasteiger partial charge in [0.15, 0.2) is 0 Å². The molecule has 0 bridgehead atoms. The van der Waals surface area contributed by atoms with Crippen molar-refractivity contribution >= 4 is 11.5 Å². The molecule has 0 saturated carbocycles. The second-order valence-electron chi connectivity index (χ2n) is 5.75. The van der Waals surface area contributed by atoms with E-state index in [-0.39, 0.29) is 5.75 Å². The summed E-state index contributed by atoms with van der Waals surface area (Å²) in [6.45, 7) is 1.85. The van der Waals surface area contributed by atoms with Crippen molar-refractivity contribution in [2.45, 2.75) is 20.5 Å². The van der Waals surface area contributed by atoms with E-state index in [4.69, 9.17) is 5.41 Å². The summed E-state index contributed by atoms with van der Waals surface area (Å²) in [6.07, 6.45) is 0. The highest BCUT2D eigenvalue weighted by Crippen LogP contribution is 2.34. The Hall–Kier alpha value is -2.63. The third-order valence-electron chi connectivity index (χ3n) is 4.03. The lowest BCUT2D eigenvalue weighted by Crippen LogP contribution is -2.27. The summed E-state index contributed by atoms with van der Waals surface area (Å²) in [7, 11) is 3.69. The van der Waals surface area contributed by atoms with Crippen molar-refractivity contribution in [1.82, 2.24) is 4.90 Å². The van der Waals surface area contributed by atoms with Gasteiger partial charge in [-0.25, -0.2) is 0 Å². The van der Waals surface area contributed by atoms with Gasteiger partial charge in [0.2, 0.25) is 0 Å². The summed E-state index contributed by atoms with van der Waals surface area (Å²) >= 11 is 0. The quantitative estimate of drug-likeness (QED) is 0.594. The number of rotatable bonds is 6. The number of nitrogens with one attached hydrogen (secondary N) is 2. The van der Waals surface area contributed by atoms with Crippen LogP contribution in [0.3, 0.4) is 0 Å². The Morgan fingerprint density at radius 2 is 1.88 bits per heavy atom. The molecular formula is C19H23F2N3O. The van der Waals surface area contributed by atoms with Crippen molar-refractivity contribution < 1.29 is 13.5 Å². The van der Waals surface area contributed by atoms with Gasteiger partial charge in [-0.2, -0.15) is 8.78 Å². The minimum atomic E-state index is -2.84. The van der Waals surface area contributed by atoms with E-state index in [2.05, 4.69) is 10.1 Å². The van der Waals surface area contributed by atoms with Gasteiger partial charge in [0.25, 0.3) is 0 Å². The summed E-state index contributed by atoms with van der Waals surface area (Å²) in [6, 6.07) is 10.5. The lowest BCUT2D eigenvalue weighted by atomic mass is 9.96. The predicted molar refractivity (Wildman–Crippen MR) is 97.9 cm³/mol. The topological polar surface area (TPSA) is 48.4 Å². The van der Waals surface area contributed by atoms with Crippen molar-refractivity contribution in [3.63, 3.8) is 0 Å². The molecule has 25 heavy (non-hydrogen) atoms. The number of hydrogen-bond donors (Lipinski definition) is 2. The first kappa shape index (κ1) is 18.7. The van der Waals surface area contributed by atoms with E-state index in [1.807, 2.05) is 45.0 Å². The van der Waals surface area contributed by atoms with Crippen LogP contribution in [-0.2, 0) is 0 Å². The molecule has 0 aromatic heterocycles. The summed E-state index contributed by atoms with van der Waals surface area (Å²) in [5.74, 6) is 0.547. The monoisotopic (exact) mass is 347 g/mol. The summed E-state index contributed by atoms with van der Waals surface area (Å²) < 4.78 is 29.0. The van der Waals surface area contributed by atoms with E-state index < -0.39 is 6.61 Å². The van der Waals surface area contributed by atoms with Gasteiger partial charge in [-0.3, -0.25) is 5.41 Å². The molecule has 0 radical (unpaired) electrons. The van der Waals surface area contributed by atoms with Crippen LogP contribution in [0.25, 0.3) is 11.1 Å². The normalized spacial score (nSPS) is 10.7. The SMILES string of the molecule is CCN(C)C(=N)c1cc(C)cc(-c2ccc(OC(F)F)cc2)c1NC. The highest BCUT2D eigenvalue weighted by Gasteiger charge is 2.16. The van der Waals surface area contributed by atoms with Gasteiger partial charge in [-0.1, -0.05) is 12.1 Å². The average Bonchev–Trinajstić information content (AvgIpc) is 2.59. The minimum Gasteiger partial charge on any atom is -0.435 e. The van der Waals surface area contributed by atoms with Gasteiger partial charge in [-0.05, 0) is 49.2 Å². The van der Waals surface area contributed by atoms with Crippen LogP contribution in [-0.4, -0.2) is 38.0 Å². The van der Waals surface area contributed by atoms with Crippen molar-refractivity contribution in [2.75, 3.05) is 26.0 Å². The van der Waals surface area contributed by atoms with Gasteiger partial charge < -0.3 is 15.0 Å². The fourth-order valence-corrected chi connectivity index (χ4v) is 2.65. The summed E-state index contributed by atoms with van der Waals surface area (Å²) in [5.41, 5.74) is 4.43. The van der Waals surface area contributed by atoms with Crippen molar-refractivity contribution in [3.8, 4) is 16.9 Å². The number of amidine groups is 1. The van der Waals surface area contributed by atoms with E-state index in [0.29, 0.717) is 5.84 Å². The predicted octanol–water partition coefficient (Wildman–Crippen LogP) is 4.58. The molecule has 0 saturated heterocycles. The molecule has 0 spiro atoms. The maximum absolute atomic E-state index is 12.3. The molecule has 2 N–H and O–H groups in total. The second-order valence-corrected chi connectivity index (χ2v) is 5.75. The highest BCUT2D eigenvalue weighted by atomic mass is 19.3. The first-order valence-electron chi connectivity index (χ1n) is 8.05. The number of anilines is 1. The Kier molecular flexibility index (Phi) is 5.96. The zero-order chi connectivity index (χ0) is 18.6. The molecule has 6 heteroatoms. The Morgan fingerprint density at radius 3 is 2.40 bits per heavy atom. The Bertz CT molecular complexity index is 745. The zero-order valence-electron chi connectivity index (χ0n) is 14.9. The molecular weight excluding hydrogens is 324 g/mol. The standard InChI is InChI=1S/C19H23F2N3O/c1-5-24(4)18(22)16-11-12(2)10-15(17(16)23-3)13-6-8-14(9-7-13)25-19(20)21/h6-11,19,22-23H,5H2,1-4H3. The lowest BCUT2D eigenvalue weighted by Gasteiger charge is -2.22. The van der Waals surface area contributed by atoms with E-state index in [9.17, 15) is 8.78 Å². The van der Waals surface area contributed by atoms with Crippen molar-refractivity contribution in [1.29, 1.82) is 5.41 Å². The zero-order valence-corrected chi connectivity index (χ0v) is 14.9. The van der Waals surface area contributed by atoms with Crippen molar-refractivity contribution in [2.24, 2.45) is 0 Å². The molecule has 4 nitrogen and oxygen atoms in total. The average molecular weight is 347 g/mol. The van der Waals surface area contributed by atoms with Crippen LogP contribution in [0.15, 0.2) is 36.4 Å². The second kappa shape index (κ2) is 7.96. The number of benzene rings is 2. The first-order chi connectivity index (χ1) is 11.9. The molecule has 0 aliphatic rings.